The monoisotopic (exact) mass is 321 g/mol. The van der Waals surface area contributed by atoms with Crippen LogP contribution in [0.5, 0.6) is 0 Å². The highest BCUT2D eigenvalue weighted by Crippen LogP contribution is 2.16. The molecule has 0 unspecified atom stereocenters. The van der Waals surface area contributed by atoms with E-state index in [1.165, 1.54) is 4.88 Å². The third-order valence-corrected chi connectivity index (χ3v) is 4.31. The van der Waals surface area contributed by atoms with Crippen molar-refractivity contribution in [2.45, 2.75) is 46.7 Å². The van der Waals surface area contributed by atoms with Gasteiger partial charge in [-0.15, -0.1) is 11.3 Å². The minimum Gasteiger partial charge on any atom is -0.359 e. The van der Waals surface area contributed by atoms with Gasteiger partial charge in [-0.05, 0) is 19.8 Å². The SMILES string of the molecule is CN=C(NCc1cc(C(C)C)no1)NCc1sc(C)nc1C. The van der Waals surface area contributed by atoms with Crippen LogP contribution in [0.2, 0.25) is 0 Å². The first-order valence-corrected chi connectivity index (χ1v) is 8.14. The van der Waals surface area contributed by atoms with E-state index in [2.05, 4.69) is 39.6 Å². The predicted molar refractivity (Wildman–Crippen MR) is 89.2 cm³/mol. The van der Waals surface area contributed by atoms with Gasteiger partial charge in [-0.2, -0.15) is 0 Å². The molecule has 2 aromatic rings. The van der Waals surface area contributed by atoms with Crippen molar-refractivity contribution in [3.05, 3.63) is 33.1 Å². The topological polar surface area (TPSA) is 75.3 Å². The summed E-state index contributed by atoms with van der Waals surface area (Å²) < 4.78 is 5.30. The average molecular weight is 321 g/mol. The fourth-order valence-corrected chi connectivity index (χ4v) is 2.85. The highest BCUT2D eigenvalue weighted by molar-refractivity contribution is 7.11. The number of aliphatic imine (C=N–C) groups is 1. The van der Waals surface area contributed by atoms with E-state index >= 15 is 0 Å². The normalized spacial score (nSPS) is 12.0. The van der Waals surface area contributed by atoms with Crippen LogP contribution in [-0.2, 0) is 13.1 Å². The molecule has 2 N–H and O–H groups in total. The van der Waals surface area contributed by atoms with Gasteiger partial charge in [0.1, 0.15) is 0 Å². The number of guanidine groups is 1. The Kier molecular flexibility index (Phi) is 5.54. The number of hydrogen-bond donors (Lipinski definition) is 2. The second-order valence-electron chi connectivity index (χ2n) is 5.39. The van der Waals surface area contributed by atoms with Gasteiger partial charge in [0, 0.05) is 18.0 Å². The second-order valence-corrected chi connectivity index (χ2v) is 6.68. The maximum atomic E-state index is 5.30. The minimum atomic E-state index is 0.368. The summed E-state index contributed by atoms with van der Waals surface area (Å²) in [5, 5.41) is 11.6. The fourth-order valence-electron chi connectivity index (χ4n) is 1.98. The number of hydrogen-bond acceptors (Lipinski definition) is 5. The lowest BCUT2D eigenvalue weighted by atomic mass is 10.1. The maximum Gasteiger partial charge on any atom is 0.191 e. The van der Waals surface area contributed by atoms with Crippen LogP contribution >= 0.6 is 11.3 Å². The summed E-state index contributed by atoms with van der Waals surface area (Å²) in [5.74, 6) is 1.90. The van der Waals surface area contributed by atoms with Crippen molar-refractivity contribution < 1.29 is 4.52 Å². The van der Waals surface area contributed by atoms with Gasteiger partial charge < -0.3 is 15.2 Å². The van der Waals surface area contributed by atoms with Crippen LogP contribution in [0.1, 0.15) is 46.8 Å². The Morgan fingerprint density at radius 1 is 1.32 bits per heavy atom. The molecule has 0 radical (unpaired) electrons. The molecule has 0 spiro atoms. The highest BCUT2D eigenvalue weighted by Gasteiger charge is 2.09. The van der Waals surface area contributed by atoms with Gasteiger partial charge in [0.15, 0.2) is 11.7 Å². The van der Waals surface area contributed by atoms with Gasteiger partial charge in [0.2, 0.25) is 0 Å². The predicted octanol–water partition coefficient (Wildman–Crippen LogP) is 2.74. The second kappa shape index (κ2) is 7.40. The number of rotatable bonds is 5. The van der Waals surface area contributed by atoms with Gasteiger partial charge in [-0.3, -0.25) is 4.99 Å². The molecule has 22 heavy (non-hydrogen) atoms. The summed E-state index contributed by atoms with van der Waals surface area (Å²) in [6.07, 6.45) is 0. The van der Waals surface area contributed by atoms with E-state index in [-0.39, 0.29) is 0 Å². The number of thiazole rings is 1. The summed E-state index contributed by atoms with van der Waals surface area (Å²) in [5.41, 5.74) is 2.04. The largest absolute Gasteiger partial charge is 0.359 e. The first kappa shape index (κ1) is 16.5. The van der Waals surface area contributed by atoms with Crippen LogP contribution in [0.3, 0.4) is 0 Å². The van der Waals surface area contributed by atoms with Crippen molar-refractivity contribution in [2.24, 2.45) is 4.99 Å². The molecule has 0 bridgehead atoms. The van der Waals surface area contributed by atoms with Crippen LogP contribution in [0.25, 0.3) is 0 Å². The van der Waals surface area contributed by atoms with Crippen LogP contribution in [0.4, 0.5) is 0 Å². The van der Waals surface area contributed by atoms with E-state index in [1.54, 1.807) is 18.4 Å². The number of nitrogens with zero attached hydrogens (tertiary/aromatic N) is 3. The molecular weight excluding hydrogens is 298 g/mol. The van der Waals surface area contributed by atoms with E-state index in [0.29, 0.717) is 19.0 Å². The van der Waals surface area contributed by atoms with Gasteiger partial charge in [-0.1, -0.05) is 19.0 Å². The van der Waals surface area contributed by atoms with E-state index in [9.17, 15) is 0 Å². The summed E-state index contributed by atoms with van der Waals surface area (Å²) >= 11 is 1.70. The lowest BCUT2D eigenvalue weighted by Crippen LogP contribution is -2.36. The first-order chi connectivity index (χ1) is 10.5. The molecule has 0 aliphatic rings. The van der Waals surface area contributed by atoms with E-state index in [4.69, 9.17) is 4.52 Å². The zero-order valence-corrected chi connectivity index (χ0v) is 14.5. The Balaban J connectivity index is 1.86. The Bertz CT molecular complexity index is 644. The molecule has 2 aromatic heterocycles. The summed E-state index contributed by atoms with van der Waals surface area (Å²) in [7, 11) is 1.75. The van der Waals surface area contributed by atoms with Gasteiger partial charge in [0.05, 0.1) is 29.5 Å². The van der Waals surface area contributed by atoms with Crippen LogP contribution < -0.4 is 10.6 Å². The molecule has 0 saturated heterocycles. The van der Waals surface area contributed by atoms with Crippen molar-refractivity contribution in [1.82, 2.24) is 20.8 Å². The average Bonchev–Trinajstić information content (AvgIpc) is 3.06. The molecule has 2 rings (SSSR count). The Morgan fingerprint density at radius 2 is 2.05 bits per heavy atom. The van der Waals surface area contributed by atoms with Crippen molar-refractivity contribution in [2.75, 3.05) is 7.05 Å². The molecule has 0 fully saturated rings. The molecule has 6 nitrogen and oxygen atoms in total. The number of nitrogens with one attached hydrogen (secondary N) is 2. The van der Waals surface area contributed by atoms with E-state index in [0.717, 1.165) is 28.1 Å². The molecule has 0 aliphatic heterocycles. The molecule has 2 heterocycles. The molecule has 0 atom stereocenters. The molecule has 0 aliphatic carbocycles. The lowest BCUT2D eigenvalue weighted by molar-refractivity contribution is 0.372. The smallest absolute Gasteiger partial charge is 0.191 e. The van der Waals surface area contributed by atoms with Gasteiger partial charge in [-0.25, -0.2) is 4.98 Å². The lowest BCUT2D eigenvalue weighted by Gasteiger charge is -2.09. The summed E-state index contributed by atoms with van der Waals surface area (Å²) in [6, 6.07) is 1.97. The standard InChI is InChI=1S/C15H23N5OS/c1-9(2)13-6-12(21-20-13)7-17-15(16-5)18-8-14-10(3)19-11(4)22-14/h6,9H,7-8H2,1-5H3,(H2,16,17,18). The summed E-state index contributed by atoms with van der Waals surface area (Å²) in [4.78, 5) is 9.86. The Morgan fingerprint density at radius 3 is 2.59 bits per heavy atom. The fraction of sp³-hybridized carbons (Fsp3) is 0.533. The third-order valence-electron chi connectivity index (χ3n) is 3.24. The van der Waals surface area contributed by atoms with Crippen molar-refractivity contribution in [1.29, 1.82) is 0 Å². The zero-order chi connectivity index (χ0) is 16.1. The van der Waals surface area contributed by atoms with Gasteiger partial charge >= 0.3 is 0 Å². The van der Waals surface area contributed by atoms with E-state index < -0.39 is 0 Å². The number of aromatic nitrogens is 2. The zero-order valence-electron chi connectivity index (χ0n) is 13.7. The molecule has 0 amide bonds. The molecule has 120 valence electrons. The quantitative estimate of drug-likeness (QED) is 0.654. The maximum absolute atomic E-state index is 5.30. The summed E-state index contributed by atoms with van der Waals surface area (Å²) in [6.45, 7) is 9.50. The van der Waals surface area contributed by atoms with Crippen LogP contribution in [-0.4, -0.2) is 23.1 Å². The number of aryl methyl sites for hydroxylation is 2. The van der Waals surface area contributed by atoms with Crippen LogP contribution in [0.15, 0.2) is 15.6 Å². The van der Waals surface area contributed by atoms with E-state index in [1.807, 2.05) is 19.9 Å². The van der Waals surface area contributed by atoms with Crippen molar-refractivity contribution in [3.8, 4) is 0 Å². The first-order valence-electron chi connectivity index (χ1n) is 7.32. The molecular formula is C15H23N5OS. The molecule has 0 aromatic carbocycles. The third kappa shape index (κ3) is 4.30. The highest BCUT2D eigenvalue weighted by atomic mass is 32.1. The Hall–Kier alpha value is -1.89. The van der Waals surface area contributed by atoms with Gasteiger partial charge in [0.25, 0.3) is 0 Å². The minimum absolute atomic E-state index is 0.368. The Labute approximate surface area is 135 Å². The van der Waals surface area contributed by atoms with Crippen molar-refractivity contribution in [3.63, 3.8) is 0 Å². The van der Waals surface area contributed by atoms with Crippen molar-refractivity contribution >= 4 is 17.3 Å². The van der Waals surface area contributed by atoms with Crippen LogP contribution in [0, 0.1) is 13.8 Å². The molecule has 0 saturated carbocycles. The molecule has 7 heteroatoms.